The highest BCUT2D eigenvalue weighted by atomic mass is 16.5. The van der Waals surface area contributed by atoms with Gasteiger partial charge in [-0.2, -0.15) is 0 Å². The highest BCUT2D eigenvalue weighted by Gasteiger charge is 2.07. The van der Waals surface area contributed by atoms with Crippen LogP contribution in [0.5, 0.6) is 0 Å². The van der Waals surface area contributed by atoms with Gasteiger partial charge >= 0.3 is 0 Å². The first-order valence-electron chi connectivity index (χ1n) is 7.67. The maximum atomic E-state index is 9.75. The number of ether oxygens (including phenoxy) is 2. The molecule has 0 aliphatic rings. The van der Waals surface area contributed by atoms with E-state index in [4.69, 9.17) is 9.47 Å². The first-order chi connectivity index (χ1) is 9.06. The Morgan fingerprint density at radius 2 is 1.84 bits per heavy atom. The van der Waals surface area contributed by atoms with Crippen molar-refractivity contribution in [1.82, 2.24) is 5.32 Å². The van der Waals surface area contributed by atoms with Gasteiger partial charge in [0, 0.05) is 12.6 Å². The maximum absolute atomic E-state index is 9.75. The Morgan fingerprint density at radius 1 is 1.11 bits per heavy atom. The molecule has 0 aromatic rings. The Kier molecular flexibility index (Phi) is 12.7. The summed E-state index contributed by atoms with van der Waals surface area (Å²) in [6, 6.07) is 0.463. The maximum Gasteiger partial charge on any atom is 0.0897 e. The first kappa shape index (κ1) is 18.8. The number of hydrogen-bond donors (Lipinski definition) is 2. The van der Waals surface area contributed by atoms with Crippen LogP contribution >= 0.6 is 0 Å². The molecule has 2 atom stereocenters. The van der Waals surface area contributed by atoms with Crippen LogP contribution in [0.25, 0.3) is 0 Å². The van der Waals surface area contributed by atoms with Gasteiger partial charge in [0.1, 0.15) is 0 Å². The van der Waals surface area contributed by atoms with Crippen LogP contribution in [0.3, 0.4) is 0 Å². The van der Waals surface area contributed by atoms with Gasteiger partial charge in [-0.3, -0.25) is 0 Å². The second kappa shape index (κ2) is 12.9. The van der Waals surface area contributed by atoms with Crippen molar-refractivity contribution in [2.45, 2.75) is 71.6 Å². The van der Waals surface area contributed by atoms with E-state index in [0.717, 1.165) is 0 Å². The van der Waals surface area contributed by atoms with E-state index in [1.807, 2.05) is 13.8 Å². The molecule has 0 bridgehead atoms. The van der Waals surface area contributed by atoms with Crippen molar-refractivity contribution in [3.63, 3.8) is 0 Å². The average molecular weight is 275 g/mol. The molecule has 0 heterocycles. The van der Waals surface area contributed by atoms with Crippen LogP contribution in [-0.2, 0) is 9.47 Å². The number of aliphatic hydroxyl groups is 1. The Morgan fingerprint density at radius 3 is 2.47 bits per heavy atom. The lowest BCUT2D eigenvalue weighted by atomic mass is 10.1. The zero-order valence-electron chi connectivity index (χ0n) is 13.2. The molecule has 0 aliphatic heterocycles. The number of rotatable bonds is 13. The van der Waals surface area contributed by atoms with Crippen LogP contribution in [-0.4, -0.2) is 49.7 Å². The molecule has 0 spiro atoms. The molecule has 0 rings (SSSR count). The summed E-state index contributed by atoms with van der Waals surface area (Å²) >= 11 is 0. The van der Waals surface area contributed by atoms with Crippen LogP contribution in [0.15, 0.2) is 0 Å². The van der Waals surface area contributed by atoms with E-state index in [1.165, 1.54) is 25.7 Å². The fraction of sp³-hybridized carbons (Fsp3) is 1.00. The molecule has 4 nitrogen and oxygen atoms in total. The topological polar surface area (TPSA) is 50.7 Å². The third-order valence-corrected chi connectivity index (χ3v) is 2.93. The van der Waals surface area contributed by atoms with E-state index in [-0.39, 0.29) is 6.10 Å². The fourth-order valence-corrected chi connectivity index (χ4v) is 1.76. The molecule has 2 N–H and O–H groups in total. The molecule has 0 fully saturated rings. The van der Waals surface area contributed by atoms with E-state index >= 15 is 0 Å². The fourth-order valence-electron chi connectivity index (χ4n) is 1.76. The molecule has 0 aromatic carbocycles. The first-order valence-corrected chi connectivity index (χ1v) is 7.67. The summed E-state index contributed by atoms with van der Waals surface area (Å²) in [5.74, 6) is 0. The zero-order chi connectivity index (χ0) is 14.5. The number of unbranched alkanes of at least 4 members (excludes halogenated alkanes) is 2. The lowest BCUT2D eigenvalue weighted by Crippen LogP contribution is -2.36. The van der Waals surface area contributed by atoms with E-state index < -0.39 is 6.10 Å². The van der Waals surface area contributed by atoms with Crippen molar-refractivity contribution in [2.24, 2.45) is 0 Å². The molecule has 4 heteroatoms. The van der Waals surface area contributed by atoms with Gasteiger partial charge in [-0.15, -0.1) is 0 Å². The van der Waals surface area contributed by atoms with Crippen LogP contribution in [0.4, 0.5) is 0 Å². The van der Waals surface area contributed by atoms with Gasteiger partial charge in [0.2, 0.25) is 0 Å². The molecule has 116 valence electrons. The SMILES string of the molecule is CCCCCC(C)NCC(O)COCCOC(C)C. The predicted octanol–water partition coefficient (Wildman–Crippen LogP) is 2.35. The normalized spacial score (nSPS) is 14.8. The second-order valence-corrected chi connectivity index (χ2v) is 5.45. The quantitative estimate of drug-likeness (QED) is 0.507. The summed E-state index contributed by atoms with van der Waals surface area (Å²) in [4.78, 5) is 0. The van der Waals surface area contributed by atoms with Crippen molar-refractivity contribution >= 4 is 0 Å². The van der Waals surface area contributed by atoms with Crippen molar-refractivity contribution in [3.05, 3.63) is 0 Å². The summed E-state index contributed by atoms with van der Waals surface area (Å²) in [7, 11) is 0. The average Bonchev–Trinajstić information content (AvgIpc) is 2.36. The second-order valence-electron chi connectivity index (χ2n) is 5.45. The number of nitrogens with one attached hydrogen (secondary N) is 1. The van der Waals surface area contributed by atoms with Gasteiger partial charge in [-0.1, -0.05) is 26.2 Å². The summed E-state index contributed by atoms with van der Waals surface area (Å²) in [6.45, 7) is 10.5. The monoisotopic (exact) mass is 275 g/mol. The largest absolute Gasteiger partial charge is 0.389 e. The minimum Gasteiger partial charge on any atom is -0.389 e. The van der Waals surface area contributed by atoms with Gasteiger partial charge in [-0.25, -0.2) is 0 Å². The molecule has 19 heavy (non-hydrogen) atoms. The van der Waals surface area contributed by atoms with Crippen LogP contribution in [0.1, 0.15) is 53.4 Å². The van der Waals surface area contributed by atoms with Crippen molar-refractivity contribution in [2.75, 3.05) is 26.4 Å². The number of aliphatic hydroxyl groups excluding tert-OH is 1. The van der Waals surface area contributed by atoms with Crippen LogP contribution in [0, 0.1) is 0 Å². The highest BCUT2D eigenvalue weighted by molar-refractivity contribution is 4.65. The van der Waals surface area contributed by atoms with Crippen molar-refractivity contribution in [3.8, 4) is 0 Å². The summed E-state index contributed by atoms with van der Waals surface area (Å²) < 4.78 is 10.7. The molecule has 0 saturated carbocycles. The Labute approximate surface area is 118 Å². The summed E-state index contributed by atoms with van der Waals surface area (Å²) in [6.07, 6.45) is 4.76. The smallest absolute Gasteiger partial charge is 0.0897 e. The van der Waals surface area contributed by atoms with E-state index in [0.29, 0.717) is 32.4 Å². The zero-order valence-corrected chi connectivity index (χ0v) is 13.2. The molecule has 0 aromatic heterocycles. The third-order valence-electron chi connectivity index (χ3n) is 2.93. The standard InChI is InChI=1S/C15H33NO3/c1-5-6-7-8-14(4)16-11-15(17)12-18-9-10-19-13(2)3/h13-17H,5-12H2,1-4H3. The Hall–Kier alpha value is -0.160. The van der Waals surface area contributed by atoms with E-state index in [9.17, 15) is 5.11 Å². The summed E-state index contributed by atoms with van der Waals surface area (Å²) in [5.41, 5.74) is 0. The number of hydrogen-bond acceptors (Lipinski definition) is 4. The Bertz CT molecular complexity index is 188. The van der Waals surface area contributed by atoms with Gasteiger partial charge in [0.05, 0.1) is 32.0 Å². The van der Waals surface area contributed by atoms with Gasteiger partial charge in [0.15, 0.2) is 0 Å². The van der Waals surface area contributed by atoms with Crippen LogP contribution < -0.4 is 5.32 Å². The van der Waals surface area contributed by atoms with E-state index in [1.54, 1.807) is 0 Å². The van der Waals surface area contributed by atoms with Crippen molar-refractivity contribution in [1.29, 1.82) is 0 Å². The minimum absolute atomic E-state index is 0.235. The third kappa shape index (κ3) is 14.1. The van der Waals surface area contributed by atoms with Gasteiger partial charge < -0.3 is 19.9 Å². The molecular formula is C15H33NO3. The molecule has 0 radical (unpaired) electrons. The van der Waals surface area contributed by atoms with Crippen LogP contribution in [0.2, 0.25) is 0 Å². The Balaban J connectivity index is 3.35. The van der Waals surface area contributed by atoms with Gasteiger partial charge in [-0.05, 0) is 27.2 Å². The molecule has 0 aliphatic carbocycles. The van der Waals surface area contributed by atoms with Gasteiger partial charge in [0.25, 0.3) is 0 Å². The molecule has 2 unspecified atom stereocenters. The highest BCUT2D eigenvalue weighted by Crippen LogP contribution is 2.02. The lowest BCUT2D eigenvalue weighted by molar-refractivity contribution is -0.0104. The molecule has 0 amide bonds. The van der Waals surface area contributed by atoms with E-state index in [2.05, 4.69) is 19.2 Å². The predicted molar refractivity (Wildman–Crippen MR) is 79.5 cm³/mol. The minimum atomic E-state index is -0.437. The molecular weight excluding hydrogens is 242 g/mol. The summed E-state index contributed by atoms with van der Waals surface area (Å²) in [5, 5.41) is 13.1. The lowest BCUT2D eigenvalue weighted by Gasteiger charge is -2.17. The molecule has 0 saturated heterocycles. The van der Waals surface area contributed by atoms with Crippen molar-refractivity contribution < 1.29 is 14.6 Å².